The Morgan fingerprint density at radius 1 is 1.25 bits per heavy atom. The van der Waals surface area contributed by atoms with Crippen LogP contribution in [0.4, 0.5) is 23.7 Å². The lowest BCUT2D eigenvalue weighted by atomic mass is 9.99. The van der Waals surface area contributed by atoms with Gasteiger partial charge in [0.1, 0.15) is 22.4 Å². The number of ether oxygens (including phenoxy) is 2. The third-order valence-electron chi connectivity index (χ3n) is 4.49. The standard InChI is InChI=1S/C21H28F3N3O4S/c1-12-17(32)26-15-11-13(8-9-16(15)30-12)14(27-19(29)31-20(2,3)4)7-5-6-10-25-18(28)21(22,23)24/h8-9,11-12,14H,5-7,10H2,1-4H3,(H,25,28)(H,26,32)(H,27,29). The SMILES string of the molecule is CC1Oc2ccc(C(CCCCNC(=O)C(F)(F)F)NC(=O)OC(C)(C)C)cc2NC1=S. The molecule has 1 aromatic rings. The average molecular weight is 476 g/mol. The van der Waals surface area contributed by atoms with E-state index in [9.17, 15) is 22.8 Å². The molecule has 2 amide bonds. The van der Waals surface area contributed by atoms with Gasteiger partial charge in [0.15, 0.2) is 0 Å². The van der Waals surface area contributed by atoms with Crippen LogP contribution in [0, 0.1) is 0 Å². The maximum atomic E-state index is 12.3. The highest BCUT2D eigenvalue weighted by Crippen LogP contribution is 2.33. The summed E-state index contributed by atoms with van der Waals surface area (Å²) < 4.78 is 47.9. The first-order valence-electron chi connectivity index (χ1n) is 10.2. The number of hydrogen-bond acceptors (Lipinski definition) is 5. The van der Waals surface area contributed by atoms with Gasteiger partial charge in [-0.3, -0.25) is 4.79 Å². The minimum Gasteiger partial charge on any atom is -0.481 e. The van der Waals surface area contributed by atoms with E-state index in [1.807, 2.05) is 12.2 Å². The monoisotopic (exact) mass is 475 g/mol. The van der Waals surface area contributed by atoms with Gasteiger partial charge in [-0.2, -0.15) is 13.2 Å². The number of hydrogen-bond donors (Lipinski definition) is 3. The molecule has 2 unspecified atom stereocenters. The Bertz CT molecular complexity index is 856. The average Bonchev–Trinajstić information content (AvgIpc) is 2.65. The molecule has 0 saturated carbocycles. The van der Waals surface area contributed by atoms with Crippen LogP contribution in [-0.4, -0.2) is 41.4 Å². The van der Waals surface area contributed by atoms with Crippen molar-refractivity contribution in [2.24, 2.45) is 0 Å². The number of unbranched alkanes of at least 4 members (excludes halogenated alkanes) is 1. The first-order chi connectivity index (χ1) is 14.8. The van der Waals surface area contributed by atoms with E-state index in [4.69, 9.17) is 21.7 Å². The van der Waals surface area contributed by atoms with Crippen LogP contribution in [0.15, 0.2) is 18.2 Å². The third-order valence-corrected chi connectivity index (χ3v) is 4.92. The quantitative estimate of drug-likeness (QED) is 0.394. The number of alkyl carbamates (subject to hydrolysis) is 1. The maximum Gasteiger partial charge on any atom is 0.471 e. The van der Waals surface area contributed by atoms with Gasteiger partial charge in [0.05, 0.1) is 11.7 Å². The van der Waals surface area contributed by atoms with Crippen molar-refractivity contribution in [1.29, 1.82) is 0 Å². The summed E-state index contributed by atoms with van der Waals surface area (Å²) in [6, 6.07) is 4.91. The lowest BCUT2D eigenvalue weighted by Crippen LogP contribution is -2.37. The second-order valence-electron chi connectivity index (χ2n) is 8.45. The first kappa shape index (κ1) is 25.7. The number of carbonyl (C=O) groups is 2. The molecule has 1 aromatic carbocycles. The van der Waals surface area contributed by atoms with Gasteiger partial charge in [0, 0.05) is 6.54 Å². The Kier molecular flexibility index (Phi) is 8.33. The molecular formula is C21H28F3N3O4S. The topological polar surface area (TPSA) is 88.7 Å². The number of rotatable bonds is 7. The number of thiocarbonyl (C=S) groups is 1. The van der Waals surface area contributed by atoms with Crippen LogP contribution in [0.2, 0.25) is 0 Å². The Labute approximate surface area is 190 Å². The first-order valence-corrected chi connectivity index (χ1v) is 10.6. The molecule has 2 atom stereocenters. The Balaban J connectivity index is 2.06. The fraction of sp³-hybridized carbons (Fsp3) is 0.571. The van der Waals surface area contributed by atoms with Gasteiger partial charge in [-0.25, -0.2) is 4.79 Å². The van der Waals surface area contributed by atoms with Gasteiger partial charge in [-0.05, 0) is 64.7 Å². The van der Waals surface area contributed by atoms with Gasteiger partial charge in [0.2, 0.25) is 0 Å². The maximum absolute atomic E-state index is 12.3. The van der Waals surface area contributed by atoms with Crippen molar-refractivity contribution in [2.45, 2.75) is 70.9 Å². The van der Waals surface area contributed by atoms with Crippen molar-refractivity contribution in [3.05, 3.63) is 23.8 Å². The number of halogens is 3. The molecule has 0 spiro atoms. The van der Waals surface area contributed by atoms with Crippen LogP contribution in [0.5, 0.6) is 5.75 Å². The number of carbonyl (C=O) groups excluding carboxylic acids is 2. The van der Waals surface area contributed by atoms with Crippen molar-refractivity contribution < 1.29 is 32.2 Å². The molecular weight excluding hydrogens is 447 g/mol. The van der Waals surface area contributed by atoms with E-state index < -0.39 is 29.8 Å². The van der Waals surface area contributed by atoms with Gasteiger partial charge in [-0.1, -0.05) is 18.3 Å². The summed E-state index contributed by atoms with van der Waals surface area (Å²) in [6.07, 6.45) is -4.60. The summed E-state index contributed by atoms with van der Waals surface area (Å²) in [7, 11) is 0. The van der Waals surface area contributed by atoms with E-state index in [1.165, 1.54) is 0 Å². The zero-order chi connectivity index (χ0) is 24.1. The second-order valence-corrected chi connectivity index (χ2v) is 8.89. The molecule has 1 aliphatic rings. The summed E-state index contributed by atoms with van der Waals surface area (Å²) in [5.74, 6) is -1.34. The molecule has 11 heteroatoms. The predicted molar refractivity (Wildman–Crippen MR) is 118 cm³/mol. The van der Waals surface area contributed by atoms with Crippen LogP contribution >= 0.6 is 12.2 Å². The van der Waals surface area contributed by atoms with E-state index in [2.05, 4.69) is 10.6 Å². The second kappa shape index (κ2) is 10.4. The molecule has 0 radical (unpaired) electrons. The largest absolute Gasteiger partial charge is 0.481 e. The van der Waals surface area contributed by atoms with E-state index in [0.717, 1.165) is 5.56 Å². The number of benzene rings is 1. The van der Waals surface area contributed by atoms with Crippen LogP contribution in [0.25, 0.3) is 0 Å². The highest BCUT2D eigenvalue weighted by atomic mass is 32.1. The van der Waals surface area contributed by atoms with Crippen molar-refractivity contribution >= 4 is 34.9 Å². The number of alkyl halides is 3. The molecule has 0 aromatic heterocycles. The minimum absolute atomic E-state index is 0.122. The molecule has 178 valence electrons. The van der Waals surface area contributed by atoms with E-state index in [-0.39, 0.29) is 12.6 Å². The van der Waals surface area contributed by atoms with Crippen molar-refractivity contribution in [1.82, 2.24) is 10.6 Å². The molecule has 0 fully saturated rings. The molecule has 1 aliphatic heterocycles. The molecule has 3 N–H and O–H groups in total. The number of amides is 2. The molecule has 1 heterocycles. The van der Waals surface area contributed by atoms with E-state index >= 15 is 0 Å². The lowest BCUT2D eigenvalue weighted by Gasteiger charge is -2.28. The van der Waals surface area contributed by atoms with E-state index in [0.29, 0.717) is 35.7 Å². The van der Waals surface area contributed by atoms with Crippen molar-refractivity contribution in [3.63, 3.8) is 0 Å². The Morgan fingerprint density at radius 2 is 1.94 bits per heavy atom. The normalized spacial score (nSPS) is 16.8. The summed E-state index contributed by atoms with van der Waals surface area (Å²) in [6.45, 7) is 6.94. The van der Waals surface area contributed by atoms with Gasteiger partial charge in [0.25, 0.3) is 0 Å². The van der Waals surface area contributed by atoms with Gasteiger partial charge < -0.3 is 25.4 Å². The van der Waals surface area contributed by atoms with Gasteiger partial charge >= 0.3 is 18.2 Å². The van der Waals surface area contributed by atoms with Crippen LogP contribution < -0.4 is 20.7 Å². The van der Waals surface area contributed by atoms with Crippen LogP contribution in [-0.2, 0) is 9.53 Å². The molecule has 0 bridgehead atoms. The molecule has 7 nitrogen and oxygen atoms in total. The third kappa shape index (κ3) is 7.85. The van der Waals surface area contributed by atoms with Crippen molar-refractivity contribution in [2.75, 3.05) is 11.9 Å². The molecule has 32 heavy (non-hydrogen) atoms. The summed E-state index contributed by atoms with van der Waals surface area (Å²) in [4.78, 5) is 23.8. The molecule has 0 aliphatic carbocycles. The van der Waals surface area contributed by atoms with Crippen molar-refractivity contribution in [3.8, 4) is 5.75 Å². The van der Waals surface area contributed by atoms with Crippen LogP contribution in [0.3, 0.4) is 0 Å². The van der Waals surface area contributed by atoms with Crippen LogP contribution in [0.1, 0.15) is 58.6 Å². The fourth-order valence-corrected chi connectivity index (χ4v) is 3.15. The summed E-state index contributed by atoms with van der Waals surface area (Å²) >= 11 is 5.25. The minimum atomic E-state index is -4.91. The Morgan fingerprint density at radius 3 is 2.56 bits per heavy atom. The lowest BCUT2D eigenvalue weighted by molar-refractivity contribution is -0.173. The number of nitrogens with one attached hydrogen (secondary N) is 3. The fourth-order valence-electron chi connectivity index (χ4n) is 2.99. The highest BCUT2D eigenvalue weighted by molar-refractivity contribution is 7.80. The molecule has 0 saturated heterocycles. The highest BCUT2D eigenvalue weighted by Gasteiger charge is 2.38. The number of anilines is 1. The zero-order valence-corrected chi connectivity index (χ0v) is 19.2. The van der Waals surface area contributed by atoms with Gasteiger partial charge in [-0.15, -0.1) is 0 Å². The molecule has 2 rings (SSSR count). The number of fused-ring (bicyclic) bond motifs is 1. The smallest absolute Gasteiger partial charge is 0.471 e. The predicted octanol–water partition coefficient (Wildman–Crippen LogP) is 4.62. The Hall–Kier alpha value is -2.56. The zero-order valence-electron chi connectivity index (χ0n) is 18.4. The summed E-state index contributed by atoms with van der Waals surface area (Å²) in [5.41, 5.74) is 0.728. The summed E-state index contributed by atoms with van der Waals surface area (Å²) in [5, 5.41) is 7.76. The van der Waals surface area contributed by atoms with E-state index in [1.54, 1.807) is 39.0 Å².